The summed E-state index contributed by atoms with van der Waals surface area (Å²) in [6.07, 6.45) is 25.4. The number of rotatable bonds is 8. The second-order valence-corrected chi connectivity index (χ2v) is 7.72. The normalized spacial score (nSPS) is 18.4. The van der Waals surface area contributed by atoms with Crippen molar-refractivity contribution >= 4 is 0 Å². The van der Waals surface area contributed by atoms with Crippen LogP contribution >= 0.6 is 0 Å². The average molecular weight is 489 g/mol. The SMILES string of the molecule is CCCC(C)(CC)C1=[C-]CC=C1.CCCC(C)(CC)C1=[C-]CC=C1.[Cl-].[Cl-].[Zr+4]. The van der Waals surface area contributed by atoms with Gasteiger partial charge in [0.1, 0.15) is 0 Å². The van der Waals surface area contributed by atoms with Gasteiger partial charge in [0.25, 0.3) is 0 Å². The topological polar surface area (TPSA) is 0 Å². The zero-order chi connectivity index (χ0) is 18.1. The Hall–Kier alpha value is 0.423. The van der Waals surface area contributed by atoms with Gasteiger partial charge in [-0.3, -0.25) is 12.2 Å². The molecular formula is C24H38Cl2Zr. The van der Waals surface area contributed by atoms with Crippen molar-refractivity contribution in [3.8, 4) is 0 Å². The minimum Gasteiger partial charge on any atom is -1.00 e. The zero-order valence-electron chi connectivity index (χ0n) is 18.2. The molecule has 27 heavy (non-hydrogen) atoms. The summed E-state index contributed by atoms with van der Waals surface area (Å²) >= 11 is 0. The maximum atomic E-state index is 3.44. The van der Waals surface area contributed by atoms with Gasteiger partial charge in [-0.25, -0.2) is 23.3 Å². The molecule has 0 spiro atoms. The number of halogens is 2. The minimum atomic E-state index is 0. The first-order valence-corrected chi connectivity index (χ1v) is 10.0. The Morgan fingerprint density at radius 2 is 1.07 bits per heavy atom. The largest absolute Gasteiger partial charge is 4.00 e. The van der Waals surface area contributed by atoms with E-state index < -0.39 is 0 Å². The molecule has 0 aromatic carbocycles. The van der Waals surface area contributed by atoms with E-state index in [0.717, 1.165) is 12.8 Å². The second-order valence-electron chi connectivity index (χ2n) is 7.72. The molecule has 2 unspecified atom stereocenters. The molecule has 2 atom stereocenters. The molecule has 0 N–H and O–H groups in total. The molecule has 152 valence electrons. The Morgan fingerprint density at radius 1 is 0.741 bits per heavy atom. The summed E-state index contributed by atoms with van der Waals surface area (Å²) in [6.45, 7) is 13.8. The predicted molar refractivity (Wildman–Crippen MR) is 108 cm³/mol. The molecule has 0 fully saturated rings. The minimum absolute atomic E-state index is 0. The third-order valence-electron chi connectivity index (χ3n) is 5.85. The van der Waals surface area contributed by atoms with Gasteiger partial charge < -0.3 is 24.8 Å². The quantitative estimate of drug-likeness (QED) is 0.457. The van der Waals surface area contributed by atoms with Crippen molar-refractivity contribution in [2.24, 2.45) is 10.8 Å². The summed E-state index contributed by atoms with van der Waals surface area (Å²) in [5, 5.41) is 0. The van der Waals surface area contributed by atoms with Gasteiger partial charge in [0, 0.05) is 0 Å². The molecule has 0 aromatic heterocycles. The Morgan fingerprint density at radius 3 is 1.26 bits per heavy atom. The van der Waals surface area contributed by atoms with E-state index >= 15 is 0 Å². The Bertz CT molecular complexity index is 459. The van der Waals surface area contributed by atoms with Crippen LogP contribution in [0.5, 0.6) is 0 Å². The van der Waals surface area contributed by atoms with E-state index in [1.165, 1.54) is 49.7 Å². The van der Waals surface area contributed by atoms with Crippen LogP contribution in [0.1, 0.15) is 92.9 Å². The second kappa shape index (κ2) is 16.2. The summed E-state index contributed by atoms with van der Waals surface area (Å²) in [7, 11) is 0. The molecule has 0 saturated heterocycles. The van der Waals surface area contributed by atoms with E-state index in [0.29, 0.717) is 10.8 Å². The van der Waals surface area contributed by atoms with Gasteiger partial charge in [0.05, 0.1) is 0 Å². The standard InChI is InChI=1S/2C12H19.2ClH.Zr/c2*1-4-10-12(3,5-2)11-8-6-7-9-11;;;/h2*6,8H,4-5,7,10H2,1-3H3;2*1H;/q2*-1;;;+4/p-2. The van der Waals surface area contributed by atoms with Gasteiger partial charge >= 0.3 is 26.2 Å². The molecular weight excluding hydrogens is 450 g/mol. The molecule has 0 saturated carbocycles. The van der Waals surface area contributed by atoms with Crippen molar-refractivity contribution < 1.29 is 51.0 Å². The Labute approximate surface area is 201 Å². The van der Waals surface area contributed by atoms with Crippen LogP contribution in [0.4, 0.5) is 0 Å². The molecule has 2 aliphatic carbocycles. The summed E-state index contributed by atoms with van der Waals surface area (Å²) < 4.78 is 0. The molecule has 0 aliphatic heterocycles. The maximum absolute atomic E-state index is 3.44. The van der Waals surface area contributed by atoms with Gasteiger partial charge in [0.15, 0.2) is 0 Å². The molecule has 0 amide bonds. The van der Waals surface area contributed by atoms with Crippen molar-refractivity contribution in [3.05, 3.63) is 47.6 Å². The first-order chi connectivity index (χ1) is 11.5. The zero-order valence-corrected chi connectivity index (χ0v) is 22.2. The molecule has 2 aliphatic rings. The van der Waals surface area contributed by atoms with Crippen LogP contribution in [0.25, 0.3) is 0 Å². The molecule has 3 heteroatoms. The average Bonchev–Trinajstić information content (AvgIpc) is 3.29. The summed E-state index contributed by atoms with van der Waals surface area (Å²) in [4.78, 5) is 0. The molecule has 0 bridgehead atoms. The third kappa shape index (κ3) is 9.65. The Balaban J connectivity index is -0.000000384. The number of hydrogen-bond donors (Lipinski definition) is 0. The summed E-state index contributed by atoms with van der Waals surface area (Å²) in [5.41, 5.74) is 3.66. The van der Waals surface area contributed by atoms with E-state index in [1.807, 2.05) is 0 Å². The third-order valence-corrected chi connectivity index (χ3v) is 5.85. The monoisotopic (exact) mass is 486 g/mol. The molecule has 0 heterocycles. The van der Waals surface area contributed by atoms with Crippen molar-refractivity contribution in [1.82, 2.24) is 0 Å². The van der Waals surface area contributed by atoms with E-state index in [1.54, 1.807) is 0 Å². The fourth-order valence-electron chi connectivity index (χ4n) is 3.75. The molecule has 0 nitrogen and oxygen atoms in total. The fourth-order valence-corrected chi connectivity index (χ4v) is 3.75. The summed E-state index contributed by atoms with van der Waals surface area (Å²) in [6, 6.07) is 0. The predicted octanol–water partition coefficient (Wildman–Crippen LogP) is 1.79. The van der Waals surface area contributed by atoms with E-state index in [4.69, 9.17) is 0 Å². The van der Waals surface area contributed by atoms with E-state index in [2.05, 4.69) is 78.0 Å². The smallest absolute Gasteiger partial charge is 1.00 e. The van der Waals surface area contributed by atoms with Gasteiger partial charge in [-0.05, 0) is 36.5 Å². The Kier molecular flexibility index (Phi) is 19.3. The van der Waals surface area contributed by atoms with Crippen molar-refractivity contribution in [2.75, 3.05) is 0 Å². The maximum Gasteiger partial charge on any atom is 4.00 e. The van der Waals surface area contributed by atoms with Crippen LogP contribution in [0.15, 0.2) is 35.5 Å². The van der Waals surface area contributed by atoms with E-state index in [-0.39, 0.29) is 51.0 Å². The van der Waals surface area contributed by atoms with Crippen molar-refractivity contribution in [1.29, 1.82) is 0 Å². The fraction of sp³-hybridized carbons (Fsp3) is 0.667. The van der Waals surface area contributed by atoms with Crippen molar-refractivity contribution in [2.45, 2.75) is 92.9 Å². The van der Waals surface area contributed by atoms with Gasteiger partial charge in [-0.15, -0.1) is 12.8 Å². The molecule has 2 rings (SSSR count). The number of hydrogen-bond acceptors (Lipinski definition) is 0. The van der Waals surface area contributed by atoms with Crippen LogP contribution in [0, 0.1) is 23.0 Å². The van der Waals surface area contributed by atoms with E-state index in [9.17, 15) is 0 Å². The van der Waals surface area contributed by atoms with Crippen LogP contribution in [-0.2, 0) is 26.2 Å². The molecule has 0 radical (unpaired) electrons. The van der Waals surface area contributed by atoms with Gasteiger partial charge in [-0.2, -0.15) is 12.2 Å². The van der Waals surface area contributed by atoms with Crippen molar-refractivity contribution in [3.63, 3.8) is 0 Å². The molecule has 0 aromatic rings. The first-order valence-electron chi connectivity index (χ1n) is 10.0. The van der Waals surface area contributed by atoms with Crippen LogP contribution in [0.2, 0.25) is 0 Å². The number of allylic oxidation sites excluding steroid dienone is 8. The van der Waals surface area contributed by atoms with Crippen LogP contribution in [-0.4, -0.2) is 0 Å². The van der Waals surface area contributed by atoms with Crippen LogP contribution < -0.4 is 24.8 Å². The van der Waals surface area contributed by atoms with Crippen LogP contribution in [0.3, 0.4) is 0 Å². The van der Waals surface area contributed by atoms with Gasteiger partial charge in [0.2, 0.25) is 0 Å². The summed E-state index contributed by atoms with van der Waals surface area (Å²) in [5.74, 6) is 0. The first kappa shape index (κ1) is 32.1. The van der Waals surface area contributed by atoms with Gasteiger partial charge in [-0.1, -0.05) is 54.4 Å².